The number of benzene rings is 2. The third-order valence-electron chi connectivity index (χ3n) is 3.79. The van der Waals surface area contributed by atoms with Crippen LogP contribution in [0, 0.1) is 25.2 Å². The van der Waals surface area contributed by atoms with Crippen LogP contribution >= 0.6 is 11.3 Å². The van der Waals surface area contributed by atoms with E-state index in [1.165, 1.54) is 11.3 Å². The maximum atomic E-state index is 12.7. The molecule has 3 aromatic rings. The Hall–Kier alpha value is -3.43. The van der Waals surface area contributed by atoms with Crippen LogP contribution in [0.2, 0.25) is 0 Å². The van der Waals surface area contributed by atoms with Crippen LogP contribution in [0.1, 0.15) is 26.6 Å². The summed E-state index contributed by atoms with van der Waals surface area (Å²) < 4.78 is 0. The van der Waals surface area contributed by atoms with Crippen LogP contribution in [0.25, 0.3) is 5.57 Å². The predicted octanol–water partition coefficient (Wildman–Crippen LogP) is 4.99. The summed E-state index contributed by atoms with van der Waals surface area (Å²) in [5.41, 5.74) is 4.20. The highest BCUT2D eigenvalue weighted by Gasteiger charge is 2.12. The molecule has 1 amide bonds. The fourth-order valence-corrected chi connectivity index (χ4v) is 3.26. The van der Waals surface area contributed by atoms with Gasteiger partial charge in [0.2, 0.25) is 0 Å². The molecule has 0 aliphatic heterocycles. The van der Waals surface area contributed by atoms with E-state index in [2.05, 4.69) is 21.7 Å². The van der Waals surface area contributed by atoms with Crippen LogP contribution < -0.4 is 10.6 Å². The topological polar surface area (TPSA) is 77.8 Å². The van der Waals surface area contributed by atoms with Crippen LogP contribution in [-0.2, 0) is 0 Å². The molecule has 0 unspecified atom stereocenters. The van der Waals surface area contributed by atoms with Gasteiger partial charge in [-0.05, 0) is 43.7 Å². The van der Waals surface area contributed by atoms with E-state index in [0.29, 0.717) is 21.8 Å². The van der Waals surface area contributed by atoms with Crippen LogP contribution in [0.5, 0.6) is 0 Å². The summed E-state index contributed by atoms with van der Waals surface area (Å²) in [4.78, 5) is 17.0. The van der Waals surface area contributed by atoms with E-state index in [4.69, 9.17) is 0 Å². The Labute approximate surface area is 162 Å². The lowest BCUT2D eigenvalue weighted by Gasteiger charge is -2.10. The number of nitrogens with zero attached hydrogens (tertiary/aromatic N) is 2. The zero-order valence-corrected chi connectivity index (χ0v) is 15.8. The van der Waals surface area contributed by atoms with Crippen molar-refractivity contribution in [1.82, 2.24) is 4.98 Å². The molecule has 0 aliphatic carbocycles. The summed E-state index contributed by atoms with van der Waals surface area (Å²) in [5.74, 6) is -0.222. The van der Waals surface area contributed by atoms with E-state index in [0.717, 1.165) is 16.9 Å². The van der Waals surface area contributed by atoms with Crippen molar-refractivity contribution >= 4 is 34.2 Å². The van der Waals surface area contributed by atoms with Gasteiger partial charge in [0, 0.05) is 23.0 Å². The smallest absolute Gasteiger partial charge is 0.257 e. The van der Waals surface area contributed by atoms with Gasteiger partial charge in [0.25, 0.3) is 5.91 Å². The third-order valence-corrected chi connectivity index (χ3v) is 4.78. The molecule has 0 atom stereocenters. The number of hydrogen-bond donors (Lipinski definition) is 2. The number of rotatable bonds is 5. The second-order valence-corrected chi connectivity index (χ2v) is 6.84. The van der Waals surface area contributed by atoms with Gasteiger partial charge >= 0.3 is 0 Å². The van der Waals surface area contributed by atoms with Crippen molar-refractivity contribution in [2.45, 2.75) is 13.8 Å². The SMILES string of the molecule is Cc1cccc(NC(=O)c2ccccc2N/C=C(\C#N)c2nc(C)cs2)c1. The number of aryl methyl sites for hydroxylation is 2. The zero-order valence-electron chi connectivity index (χ0n) is 15.0. The highest BCUT2D eigenvalue weighted by molar-refractivity contribution is 7.10. The molecule has 2 N–H and O–H groups in total. The summed E-state index contributed by atoms with van der Waals surface area (Å²) in [6, 6.07) is 16.9. The van der Waals surface area contributed by atoms with Gasteiger partial charge in [-0.15, -0.1) is 11.3 Å². The second-order valence-electron chi connectivity index (χ2n) is 5.98. The molecule has 1 heterocycles. The number of nitriles is 1. The molecule has 0 saturated carbocycles. The quantitative estimate of drug-likeness (QED) is 0.617. The van der Waals surface area contributed by atoms with Gasteiger partial charge in [0.05, 0.1) is 11.3 Å². The van der Waals surface area contributed by atoms with Gasteiger partial charge in [-0.2, -0.15) is 5.26 Å². The first-order valence-corrected chi connectivity index (χ1v) is 9.21. The average molecular weight is 374 g/mol. The monoisotopic (exact) mass is 374 g/mol. The minimum Gasteiger partial charge on any atom is -0.360 e. The first kappa shape index (κ1) is 18.4. The van der Waals surface area contributed by atoms with Gasteiger partial charge in [-0.25, -0.2) is 4.98 Å². The molecule has 0 radical (unpaired) electrons. The van der Waals surface area contributed by atoms with Crippen LogP contribution in [-0.4, -0.2) is 10.9 Å². The van der Waals surface area contributed by atoms with E-state index in [1.54, 1.807) is 24.4 Å². The first-order valence-electron chi connectivity index (χ1n) is 8.33. The second kappa shape index (κ2) is 8.30. The molecule has 134 valence electrons. The summed E-state index contributed by atoms with van der Waals surface area (Å²) >= 11 is 1.41. The average Bonchev–Trinajstić information content (AvgIpc) is 3.09. The van der Waals surface area contributed by atoms with Gasteiger partial charge in [0.1, 0.15) is 16.6 Å². The lowest BCUT2D eigenvalue weighted by Crippen LogP contribution is -2.13. The maximum absolute atomic E-state index is 12.7. The van der Waals surface area contributed by atoms with Crippen molar-refractivity contribution in [3.63, 3.8) is 0 Å². The number of allylic oxidation sites excluding steroid dienone is 1. The van der Waals surface area contributed by atoms with Crippen LogP contribution in [0.15, 0.2) is 60.1 Å². The number of carbonyl (C=O) groups excluding carboxylic acids is 1. The Morgan fingerprint density at radius 3 is 2.70 bits per heavy atom. The molecule has 0 aliphatic rings. The number of nitrogens with one attached hydrogen (secondary N) is 2. The molecule has 0 bridgehead atoms. The van der Waals surface area contributed by atoms with Gasteiger partial charge in [0.15, 0.2) is 0 Å². The Balaban J connectivity index is 1.82. The maximum Gasteiger partial charge on any atom is 0.257 e. The van der Waals surface area contributed by atoms with E-state index >= 15 is 0 Å². The fourth-order valence-electron chi connectivity index (χ4n) is 2.50. The molecule has 2 aromatic carbocycles. The molecule has 3 rings (SSSR count). The summed E-state index contributed by atoms with van der Waals surface area (Å²) in [7, 11) is 0. The van der Waals surface area contributed by atoms with Crippen molar-refractivity contribution in [3.05, 3.63) is 81.9 Å². The Morgan fingerprint density at radius 2 is 2.00 bits per heavy atom. The molecule has 27 heavy (non-hydrogen) atoms. The van der Waals surface area contributed by atoms with Crippen LogP contribution in [0.4, 0.5) is 11.4 Å². The summed E-state index contributed by atoms with van der Waals surface area (Å²) in [5, 5.41) is 17.9. The molecule has 0 spiro atoms. The van der Waals surface area contributed by atoms with Crippen molar-refractivity contribution in [3.8, 4) is 6.07 Å². The highest BCUT2D eigenvalue weighted by Crippen LogP contribution is 2.21. The number of aromatic nitrogens is 1. The highest BCUT2D eigenvalue weighted by atomic mass is 32.1. The number of thiazole rings is 1. The summed E-state index contributed by atoms with van der Waals surface area (Å²) in [6.45, 7) is 3.85. The molecule has 0 fully saturated rings. The van der Waals surface area contributed by atoms with E-state index in [9.17, 15) is 10.1 Å². The lowest BCUT2D eigenvalue weighted by molar-refractivity contribution is 0.102. The number of para-hydroxylation sites is 1. The molecular formula is C21H18N4OS. The third kappa shape index (κ3) is 4.60. The minimum absolute atomic E-state index is 0.222. The lowest BCUT2D eigenvalue weighted by atomic mass is 10.1. The number of anilines is 2. The fraction of sp³-hybridized carbons (Fsp3) is 0.0952. The van der Waals surface area contributed by atoms with Crippen molar-refractivity contribution in [2.75, 3.05) is 10.6 Å². The Bertz CT molecular complexity index is 1050. The number of hydrogen-bond acceptors (Lipinski definition) is 5. The van der Waals surface area contributed by atoms with Gasteiger partial charge in [-0.1, -0.05) is 24.3 Å². The largest absolute Gasteiger partial charge is 0.360 e. The standard InChI is InChI=1S/C21H18N4OS/c1-14-6-5-7-17(10-14)25-20(26)18-8-3-4-9-19(18)23-12-16(11-22)21-24-15(2)13-27-21/h3-10,12-13,23H,1-2H3,(H,25,26)/b16-12+. The molecule has 1 aromatic heterocycles. The minimum atomic E-state index is -0.222. The number of amides is 1. The van der Waals surface area contributed by atoms with Crippen LogP contribution in [0.3, 0.4) is 0 Å². The normalized spacial score (nSPS) is 10.9. The van der Waals surface area contributed by atoms with Crippen molar-refractivity contribution in [2.24, 2.45) is 0 Å². The molecule has 6 heteroatoms. The molecule has 5 nitrogen and oxygen atoms in total. The van der Waals surface area contributed by atoms with Gasteiger partial charge < -0.3 is 10.6 Å². The van der Waals surface area contributed by atoms with Gasteiger partial charge in [-0.3, -0.25) is 4.79 Å². The first-order chi connectivity index (χ1) is 13.1. The van der Waals surface area contributed by atoms with E-state index in [-0.39, 0.29) is 5.91 Å². The zero-order chi connectivity index (χ0) is 19.2. The van der Waals surface area contributed by atoms with Crippen molar-refractivity contribution in [1.29, 1.82) is 5.26 Å². The number of carbonyl (C=O) groups is 1. The molecular weight excluding hydrogens is 356 g/mol. The van der Waals surface area contributed by atoms with E-state index in [1.807, 2.05) is 49.6 Å². The van der Waals surface area contributed by atoms with Crippen molar-refractivity contribution < 1.29 is 4.79 Å². The summed E-state index contributed by atoms with van der Waals surface area (Å²) in [6.07, 6.45) is 1.58. The Kier molecular flexibility index (Phi) is 5.64. The predicted molar refractivity (Wildman–Crippen MR) is 110 cm³/mol. The van der Waals surface area contributed by atoms with E-state index < -0.39 is 0 Å². The Morgan fingerprint density at radius 1 is 1.19 bits per heavy atom. The molecule has 0 saturated heterocycles.